The van der Waals surface area contributed by atoms with E-state index in [2.05, 4.69) is 20.1 Å². The fourth-order valence-electron chi connectivity index (χ4n) is 4.04. The van der Waals surface area contributed by atoms with Crippen molar-refractivity contribution in [1.82, 2.24) is 34.4 Å². The highest BCUT2D eigenvalue weighted by Crippen LogP contribution is 2.27. The number of anilines is 2. The monoisotopic (exact) mass is 455 g/mol. The predicted octanol–water partition coefficient (Wildman–Crippen LogP) is -0.618. The Morgan fingerprint density at radius 3 is 2.45 bits per heavy atom. The van der Waals surface area contributed by atoms with E-state index in [1.54, 1.807) is 26.8 Å². The molecule has 1 atom stereocenters. The summed E-state index contributed by atoms with van der Waals surface area (Å²) in [7, 11) is 0. The molecule has 0 unspecified atom stereocenters. The van der Waals surface area contributed by atoms with Crippen LogP contribution in [0.1, 0.15) is 20.3 Å². The number of furan rings is 1. The number of piperazine rings is 1. The van der Waals surface area contributed by atoms with Crippen molar-refractivity contribution in [2.75, 3.05) is 43.4 Å². The molecule has 3 N–H and O–H groups in total. The molecule has 0 aliphatic carbocycles. The SMILES string of the molecule is CC(C)(O)C(=O)N1CCN(C(=O)[C@@H]2CCN2c2nc(N)n3nc(-c4ccco4)nc3n2)CC1. The van der Waals surface area contributed by atoms with Crippen LogP contribution in [0.4, 0.5) is 11.9 Å². The van der Waals surface area contributed by atoms with E-state index in [0.717, 1.165) is 0 Å². The molecule has 2 amide bonds. The summed E-state index contributed by atoms with van der Waals surface area (Å²) in [5, 5.41) is 14.2. The maximum Gasteiger partial charge on any atom is 0.259 e. The molecule has 2 aliphatic heterocycles. The number of carbonyl (C=O) groups is 2. The molecular formula is C20H25N9O4. The fourth-order valence-corrected chi connectivity index (χ4v) is 4.04. The molecule has 3 aromatic heterocycles. The lowest BCUT2D eigenvalue weighted by molar-refractivity contribution is -0.152. The van der Waals surface area contributed by atoms with Gasteiger partial charge in [-0.2, -0.15) is 19.5 Å². The minimum atomic E-state index is -1.43. The second-order valence-corrected chi connectivity index (χ2v) is 8.68. The van der Waals surface area contributed by atoms with Crippen LogP contribution in [0.5, 0.6) is 0 Å². The first-order valence-corrected chi connectivity index (χ1v) is 10.7. The van der Waals surface area contributed by atoms with Crippen molar-refractivity contribution in [2.24, 2.45) is 0 Å². The van der Waals surface area contributed by atoms with Gasteiger partial charge < -0.3 is 30.0 Å². The molecule has 3 aromatic rings. The van der Waals surface area contributed by atoms with E-state index < -0.39 is 11.6 Å². The zero-order valence-electron chi connectivity index (χ0n) is 18.4. The van der Waals surface area contributed by atoms with E-state index in [1.807, 2.05) is 0 Å². The number of rotatable bonds is 4. The first-order chi connectivity index (χ1) is 15.7. The van der Waals surface area contributed by atoms with Crippen molar-refractivity contribution in [3.8, 4) is 11.6 Å². The van der Waals surface area contributed by atoms with Gasteiger partial charge in [-0.05, 0) is 32.4 Å². The summed E-state index contributed by atoms with van der Waals surface area (Å²) in [6.07, 6.45) is 2.19. The molecule has 33 heavy (non-hydrogen) atoms. The molecule has 2 aliphatic rings. The average Bonchev–Trinajstić information content (AvgIpc) is 3.42. The highest BCUT2D eigenvalue weighted by Gasteiger charge is 2.40. The minimum absolute atomic E-state index is 0.0450. The standard InChI is InChI=1S/C20H25N9O4/c1-20(2,32)16(31)27-9-7-26(8-10-27)15(30)12-5-6-28(12)18-23-17(21)29-19(24-18)22-14(25-29)13-4-3-11-33-13/h3-4,11-12,32H,5-10H2,1-2H3,(H2,21,22,23,24,25)/t12-/m0/s1. The third-order valence-corrected chi connectivity index (χ3v) is 5.93. The van der Waals surface area contributed by atoms with Gasteiger partial charge in [0.25, 0.3) is 11.7 Å². The maximum atomic E-state index is 13.1. The molecule has 5 rings (SSSR count). The summed E-state index contributed by atoms with van der Waals surface area (Å²) >= 11 is 0. The van der Waals surface area contributed by atoms with Crippen LogP contribution >= 0.6 is 0 Å². The third kappa shape index (κ3) is 3.73. The van der Waals surface area contributed by atoms with Gasteiger partial charge in [0.05, 0.1) is 6.26 Å². The van der Waals surface area contributed by atoms with E-state index in [0.29, 0.717) is 56.7 Å². The number of fused-ring (bicyclic) bond motifs is 1. The molecule has 0 saturated carbocycles. The number of amides is 2. The van der Waals surface area contributed by atoms with Gasteiger partial charge in [0.1, 0.15) is 11.6 Å². The van der Waals surface area contributed by atoms with E-state index in [4.69, 9.17) is 10.2 Å². The molecule has 2 saturated heterocycles. The summed E-state index contributed by atoms with van der Waals surface area (Å²) in [4.78, 5) is 43.7. The van der Waals surface area contributed by atoms with Gasteiger partial charge in [0, 0.05) is 32.7 Å². The Kier molecular flexibility index (Phi) is 4.92. The number of hydrogen-bond donors (Lipinski definition) is 2. The topological polar surface area (TPSA) is 159 Å². The molecule has 13 heteroatoms. The van der Waals surface area contributed by atoms with E-state index in [1.165, 1.54) is 24.6 Å². The lowest BCUT2D eigenvalue weighted by Crippen LogP contribution is -2.62. The zero-order chi connectivity index (χ0) is 23.3. The van der Waals surface area contributed by atoms with Gasteiger partial charge in [-0.25, -0.2) is 0 Å². The number of aromatic nitrogens is 5. The van der Waals surface area contributed by atoms with Crippen LogP contribution in [-0.4, -0.2) is 95.7 Å². The summed E-state index contributed by atoms with van der Waals surface area (Å²) in [5.41, 5.74) is 4.66. The Morgan fingerprint density at radius 2 is 1.85 bits per heavy atom. The minimum Gasteiger partial charge on any atom is -0.461 e. The van der Waals surface area contributed by atoms with Crippen LogP contribution in [0.2, 0.25) is 0 Å². The van der Waals surface area contributed by atoms with Crippen LogP contribution < -0.4 is 10.6 Å². The van der Waals surface area contributed by atoms with Crippen LogP contribution in [-0.2, 0) is 9.59 Å². The molecule has 0 spiro atoms. The average molecular weight is 455 g/mol. The first kappa shape index (κ1) is 21.1. The summed E-state index contributed by atoms with van der Waals surface area (Å²) < 4.78 is 6.66. The van der Waals surface area contributed by atoms with Gasteiger partial charge in [0.15, 0.2) is 5.76 Å². The Bertz CT molecular complexity index is 1190. The second-order valence-electron chi connectivity index (χ2n) is 8.68. The summed E-state index contributed by atoms with van der Waals surface area (Å²) in [6.45, 7) is 5.12. The molecule has 174 valence electrons. The number of nitrogen functional groups attached to an aromatic ring is 1. The van der Waals surface area contributed by atoms with Gasteiger partial charge in [-0.1, -0.05) is 0 Å². The Hall–Kier alpha value is -3.74. The van der Waals surface area contributed by atoms with E-state index in [9.17, 15) is 14.7 Å². The number of hydrogen-bond acceptors (Lipinski definition) is 10. The number of aliphatic hydroxyl groups is 1. The quantitative estimate of drug-likeness (QED) is 0.519. The Balaban J connectivity index is 1.29. The normalized spacial score (nSPS) is 19.1. The lowest BCUT2D eigenvalue weighted by atomic mass is 10.0. The molecule has 13 nitrogen and oxygen atoms in total. The third-order valence-electron chi connectivity index (χ3n) is 5.93. The van der Waals surface area contributed by atoms with Gasteiger partial charge in [-0.15, -0.1) is 5.10 Å². The van der Waals surface area contributed by atoms with Crippen LogP contribution in [0.15, 0.2) is 22.8 Å². The van der Waals surface area contributed by atoms with Gasteiger partial charge in [0.2, 0.25) is 23.6 Å². The number of nitrogens with two attached hydrogens (primary N) is 1. The van der Waals surface area contributed by atoms with Crippen molar-refractivity contribution in [3.63, 3.8) is 0 Å². The van der Waals surface area contributed by atoms with Gasteiger partial charge in [-0.3, -0.25) is 9.59 Å². The summed E-state index contributed by atoms with van der Waals surface area (Å²) in [5.74, 6) is 1.14. The van der Waals surface area contributed by atoms with Gasteiger partial charge >= 0.3 is 0 Å². The molecular weight excluding hydrogens is 430 g/mol. The van der Waals surface area contributed by atoms with Crippen LogP contribution in [0.25, 0.3) is 17.4 Å². The zero-order valence-corrected chi connectivity index (χ0v) is 18.4. The molecule has 2 fully saturated rings. The van der Waals surface area contributed by atoms with Crippen molar-refractivity contribution >= 4 is 29.5 Å². The summed E-state index contributed by atoms with van der Waals surface area (Å²) in [6, 6.07) is 3.06. The van der Waals surface area contributed by atoms with Crippen molar-refractivity contribution in [3.05, 3.63) is 18.4 Å². The highest BCUT2D eigenvalue weighted by atomic mass is 16.3. The van der Waals surface area contributed by atoms with Crippen molar-refractivity contribution in [2.45, 2.75) is 31.9 Å². The molecule has 0 radical (unpaired) electrons. The Labute approximate surface area is 188 Å². The molecule has 5 heterocycles. The predicted molar refractivity (Wildman–Crippen MR) is 116 cm³/mol. The largest absolute Gasteiger partial charge is 0.461 e. The fraction of sp³-hybridized carbons (Fsp3) is 0.500. The molecule has 0 aromatic carbocycles. The van der Waals surface area contributed by atoms with Crippen molar-refractivity contribution < 1.29 is 19.1 Å². The smallest absolute Gasteiger partial charge is 0.259 e. The number of carbonyl (C=O) groups excluding carboxylic acids is 2. The van der Waals surface area contributed by atoms with Crippen LogP contribution in [0.3, 0.4) is 0 Å². The van der Waals surface area contributed by atoms with E-state index in [-0.39, 0.29) is 23.5 Å². The maximum absolute atomic E-state index is 13.1. The first-order valence-electron chi connectivity index (χ1n) is 10.7. The van der Waals surface area contributed by atoms with E-state index >= 15 is 0 Å². The molecule has 0 bridgehead atoms. The highest BCUT2D eigenvalue weighted by molar-refractivity contribution is 5.87. The Morgan fingerprint density at radius 1 is 1.12 bits per heavy atom. The lowest BCUT2D eigenvalue weighted by Gasteiger charge is -2.44. The number of nitrogens with zero attached hydrogens (tertiary/aromatic N) is 8. The van der Waals surface area contributed by atoms with Crippen molar-refractivity contribution in [1.29, 1.82) is 0 Å². The second kappa shape index (κ2) is 7.69. The van der Waals surface area contributed by atoms with Crippen LogP contribution in [0, 0.1) is 0 Å².